The van der Waals surface area contributed by atoms with E-state index in [2.05, 4.69) is 167 Å². The van der Waals surface area contributed by atoms with Crippen molar-refractivity contribution in [3.63, 3.8) is 0 Å². The minimum atomic E-state index is 0.573. The van der Waals surface area contributed by atoms with E-state index < -0.39 is 0 Å². The lowest BCUT2D eigenvalue weighted by molar-refractivity contribution is 0.669. The zero-order chi connectivity index (χ0) is 41.4. The van der Waals surface area contributed by atoms with Gasteiger partial charge in [-0.1, -0.05) is 152 Å². The highest BCUT2D eigenvalue weighted by Gasteiger charge is 2.21. The van der Waals surface area contributed by atoms with E-state index in [0.29, 0.717) is 17.5 Å². The molecule has 0 unspecified atom stereocenters. The van der Waals surface area contributed by atoms with Crippen LogP contribution < -0.4 is 0 Å². The molecule has 0 saturated heterocycles. The Morgan fingerprint density at radius 1 is 0.302 bits per heavy atom. The van der Waals surface area contributed by atoms with Crippen molar-refractivity contribution in [1.29, 1.82) is 0 Å². The van der Waals surface area contributed by atoms with Gasteiger partial charge < -0.3 is 13.6 Å². The molecule has 0 radical (unpaired) electrons. The van der Waals surface area contributed by atoms with Gasteiger partial charge in [-0.2, -0.15) is 0 Å². The predicted octanol–water partition coefficient (Wildman–Crippen LogP) is 14.6. The Hall–Kier alpha value is -8.61. The van der Waals surface area contributed by atoms with Gasteiger partial charge in [-0.25, -0.2) is 15.0 Å². The molecule has 13 aromatic rings. The lowest BCUT2D eigenvalue weighted by Crippen LogP contribution is -2.02. The van der Waals surface area contributed by atoms with E-state index in [-0.39, 0.29) is 0 Å². The molecule has 4 aromatic heterocycles. The Balaban J connectivity index is 1.04. The molecule has 4 heterocycles. The van der Waals surface area contributed by atoms with E-state index in [9.17, 15) is 0 Å². The van der Waals surface area contributed by atoms with Crippen molar-refractivity contribution in [1.82, 2.24) is 24.1 Å². The van der Waals surface area contributed by atoms with E-state index in [4.69, 9.17) is 19.4 Å². The third-order valence-corrected chi connectivity index (χ3v) is 12.4. The molecule has 0 saturated carbocycles. The first-order chi connectivity index (χ1) is 31.2. The molecule has 9 aromatic carbocycles. The second kappa shape index (κ2) is 14.0. The van der Waals surface area contributed by atoms with Crippen LogP contribution >= 0.6 is 0 Å². The number of aromatic nitrogens is 5. The minimum absolute atomic E-state index is 0.573. The van der Waals surface area contributed by atoms with Crippen LogP contribution in [0.4, 0.5) is 0 Å². The third-order valence-electron chi connectivity index (χ3n) is 12.4. The first kappa shape index (κ1) is 35.2. The largest absolute Gasteiger partial charge is 0.456 e. The molecule has 0 amide bonds. The number of fused-ring (bicyclic) bond motifs is 9. The molecule has 0 N–H and O–H groups in total. The molecule has 0 aliphatic heterocycles. The van der Waals surface area contributed by atoms with E-state index >= 15 is 0 Å². The number of para-hydroxylation sites is 4. The highest BCUT2D eigenvalue weighted by atomic mass is 16.3. The number of benzene rings is 9. The van der Waals surface area contributed by atoms with E-state index in [0.717, 1.165) is 72.2 Å². The van der Waals surface area contributed by atoms with Crippen LogP contribution in [0.2, 0.25) is 0 Å². The van der Waals surface area contributed by atoms with Gasteiger partial charge in [-0.05, 0) is 66.2 Å². The van der Waals surface area contributed by atoms with E-state index in [1.807, 2.05) is 54.6 Å². The van der Waals surface area contributed by atoms with Crippen LogP contribution in [0.15, 0.2) is 217 Å². The Kier molecular flexibility index (Phi) is 7.80. The summed E-state index contributed by atoms with van der Waals surface area (Å²) in [5.41, 5.74) is 13.2. The summed E-state index contributed by atoms with van der Waals surface area (Å²) in [5, 5.41) is 6.97. The highest BCUT2D eigenvalue weighted by Crippen LogP contribution is 2.41. The lowest BCUT2D eigenvalue weighted by Gasteiger charge is -2.16. The van der Waals surface area contributed by atoms with Gasteiger partial charge in [0.2, 0.25) is 0 Å². The highest BCUT2D eigenvalue weighted by molar-refractivity contribution is 6.13. The van der Waals surface area contributed by atoms with Gasteiger partial charge in [-0.3, -0.25) is 0 Å². The fourth-order valence-corrected chi connectivity index (χ4v) is 9.49. The number of hydrogen-bond acceptors (Lipinski definition) is 4. The van der Waals surface area contributed by atoms with Crippen molar-refractivity contribution in [2.45, 2.75) is 0 Å². The zero-order valence-electron chi connectivity index (χ0n) is 33.9. The van der Waals surface area contributed by atoms with Gasteiger partial charge in [0.15, 0.2) is 17.5 Å². The predicted molar refractivity (Wildman–Crippen MR) is 258 cm³/mol. The fourth-order valence-electron chi connectivity index (χ4n) is 9.49. The van der Waals surface area contributed by atoms with Gasteiger partial charge in [-0.15, -0.1) is 0 Å². The Labute approximate surface area is 361 Å². The fraction of sp³-hybridized carbons (Fsp3) is 0. The summed E-state index contributed by atoms with van der Waals surface area (Å²) in [4.78, 5) is 15.5. The van der Waals surface area contributed by atoms with Gasteiger partial charge in [0.25, 0.3) is 0 Å². The summed E-state index contributed by atoms with van der Waals surface area (Å²) in [7, 11) is 0. The summed E-state index contributed by atoms with van der Waals surface area (Å²) in [6, 6.07) is 74.6. The quantitative estimate of drug-likeness (QED) is 0.168. The molecule has 294 valence electrons. The molecule has 6 heteroatoms. The van der Waals surface area contributed by atoms with Crippen LogP contribution in [-0.4, -0.2) is 24.1 Å². The summed E-state index contributed by atoms with van der Waals surface area (Å²) in [6.45, 7) is 0. The first-order valence-corrected chi connectivity index (χ1v) is 21.2. The van der Waals surface area contributed by atoms with E-state index in [1.54, 1.807) is 0 Å². The van der Waals surface area contributed by atoms with Crippen molar-refractivity contribution in [3.8, 4) is 56.7 Å². The third kappa shape index (κ3) is 5.62. The smallest absolute Gasteiger partial charge is 0.164 e. The van der Waals surface area contributed by atoms with Gasteiger partial charge in [0, 0.05) is 60.3 Å². The normalized spacial score (nSPS) is 11.8. The molecule has 0 spiro atoms. The van der Waals surface area contributed by atoms with Crippen LogP contribution in [-0.2, 0) is 0 Å². The van der Waals surface area contributed by atoms with Crippen LogP contribution in [0.25, 0.3) is 122 Å². The molecule has 0 atom stereocenters. The number of rotatable bonds is 6. The maximum atomic E-state index is 6.32. The molecular formula is C57H35N5O. The second-order valence-electron chi connectivity index (χ2n) is 16.0. The maximum absolute atomic E-state index is 6.32. The Morgan fingerprint density at radius 3 is 1.48 bits per heavy atom. The number of hydrogen-bond donors (Lipinski definition) is 0. The first-order valence-electron chi connectivity index (χ1n) is 21.2. The molecule has 0 fully saturated rings. The van der Waals surface area contributed by atoms with Crippen molar-refractivity contribution in [3.05, 3.63) is 212 Å². The second-order valence-corrected chi connectivity index (χ2v) is 16.0. The summed E-state index contributed by atoms with van der Waals surface area (Å²) < 4.78 is 11.1. The molecular weight excluding hydrogens is 771 g/mol. The summed E-state index contributed by atoms with van der Waals surface area (Å²) in [5.74, 6) is 1.76. The maximum Gasteiger partial charge on any atom is 0.164 e. The standard InChI is InChI=1S/C57H35N5O/c1-3-15-36(16-4-1)41-30-27-38(56-58-55(37-17-5-2-6-18-37)59-57(60-56)39-28-31-46-45-22-10-14-26-53(45)63-54(46)34-39)33-52(41)62-50-25-13-9-21-44(50)47-35-40(29-32-51(47)62)61-48-23-11-7-19-42(48)43-20-8-12-24-49(43)61/h1-35H. The van der Waals surface area contributed by atoms with Crippen molar-refractivity contribution < 1.29 is 4.42 Å². The molecule has 0 aliphatic rings. The Morgan fingerprint density at radius 2 is 0.794 bits per heavy atom. The summed E-state index contributed by atoms with van der Waals surface area (Å²) in [6.07, 6.45) is 0. The van der Waals surface area contributed by atoms with Crippen LogP contribution in [0.3, 0.4) is 0 Å². The molecule has 6 nitrogen and oxygen atoms in total. The zero-order valence-corrected chi connectivity index (χ0v) is 33.9. The van der Waals surface area contributed by atoms with Gasteiger partial charge in [0.1, 0.15) is 11.2 Å². The molecule has 0 bridgehead atoms. The van der Waals surface area contributed by atoms with Crippen molar-refractivity contribution in [2.75, 3.05) is 0 Å². The Bertz CT molecular complexity index is 3860. The average molecular weight is 806 g/mol. The summed E-state index contributed by atoms with van der Waals surface area (Å²) >= 11 is 0. The van der Waals surface area contributed by atoms with Crippen molar-refractivity contribution in [2.24, 2.45) is 0 Å². The van der Waals surface area contributed by atoms with E-state index in [1.165, 1.54) is 32.6 Å². The molecule has 13 rings (SSSR count). The van der Waals surface area contributed by atoms with Gasteiger partial charge >= 0.3 is 0 Å². The number of furan rings is 1. The van der Waals surface area contributed by atoms with Crippen LogP contribution in [0.1, 0.15) is 0 Å². The molecule has 0 aliphatic carbocycles. The van der Waals surface area contributed by atoms with Crippen LogP contribution in [0, 0.1) is 0 Å². The van der Waals surface area contributed by atoms with Crippen molar-refractivity contribution >= 4 is 65.6 Å². The SMILES string of the molecule is c1ccc(-c2nc(-c3ccc(-c4ccccc4)c(-n4c5ccccc5c5cc(-n6c7ccccc7c7ccccc76)ccc54)c3)nc(-c3ccc4c(c3)oc3ccccc34)n2)cc1. The minimum Gasteiger partial charge on any atom is -0.456 e. The van der Waals surface area contributed by atoms with Gasteiger partial charge in [0.05, 0.1) is 27.8 Å². The monoisotopic (exact) mass is 805 g/mol. The van der Waals surface area contributed by atoms with Crippen LogP contribution in [0.5, 0.6) is 0 Å². The number of nitrogens with zero attached hydrogens (tertiary/aromatic N) is 5. The molecule has 63 heavy (non-hydrogen) atoms. The topological polar surface area (TPSA) is 61.7 Å². The lowest BCUT2D eigenvalue weighted by atomic mass is 10.0. The average Bonchev–Trinajstić information content (AvgIpc) is 4.01.